The highest BCUT2D eigenvalue weighted by atomic mass is 79.9. The third-order valence-corrected chi connectivity index (χ3v) is 3.81. The summed E-state index contributed by atoms with van der Waals surface area (Å²) in [5.74, 6) is 5.86. The van der Waals surface area contributed by atoms with E-state index >= 15 is 0 Å². The molecule has 0 spiro atoms. The maximum Gasteiger partial charge on any atom is 0.273 e. The zero-order valence-electron chi connectivity index (χ0n) is 13.4. The number of rotatable bonds is 5. The molecule has 1 N–H and O–H groups in total. The number of carbonyl (C=O) groups is 1. The number of ether oxygens (including phenoxy) is 1. The highest BCUT2D eigenvalue weighted by Gasteiger charge is 2.17. The van der Waals surface area contributed by atoms with Crippen molar-refractivity contribution < 1.29 is 14.5 Å². The van der Waals surface area contributed by atoms with Crippen LogP contribution in [0.2, 0.25) is 0 Å². The lowest BCUT2D eigenvalue weighted by Gasteiger charge is -2.05. The quantitative estimate of drug-likeness (QED) is 0.471. The molecule has 2 rings (SSSR count). The minimum Gasteiger partial charge on any atom is -0.481 e. The average Bonchev–Trinajstić information content (AvgIpc) is 2.57. The SMILES string of the molecule is Cc1c(C(=O)NCC#CCOc2cccc(Br)c2)cccc1[N+](=O)[O-]. The number of hydrogen-bond acceptors (Lipinski definition) is 4. The Balaban J connectivity index is 1.85. The second kappa shape index (κ2) is 8.85. The van der Waals surface area contributed by atoms with Crippen molar-refractivity contribution in [3.8, 4) is 17.6 Å². The lowest BCUT2D eigenvalue weighted by Crippen LogP contribution is -2.24. The predicted molar refractivity (Wildman–Crippen MR) is 97.6 cm³/mol. The summed E-state index contributed by atoms with van der Waals surface area (Å²) in [5.41, 5.74) is 0.512. The van der Waals surface area contributed by atoms with E-state index < -0.39 is 10.8 Å². The number of halogens is 1. The molecule has 0 aliphatic carbocycles. The van der Waals surface area contributed by atoms with Crippen LogP contribution in [0.1, 0.15) is 15.9 Å². The molecule has 0 saturated carbocycles. The second-order valence-electron chi connectivity index (χ2n) is 4.99. The van der Waals surface area contributed by atoms with Crippen molar-refractivity contribution in [1.82, 2.24) is 5.32 Å². The highest BCUT2D eigenvalue weighted by molar-refractivity contribution is 9.10. The molecule has 7 heteroatoms. The lowest BCUT2D eigenvalue weighted by atomic mass is 10.1. The minimum atomic E-state index is -0.509. The van der Waals surface area contributed by atoms with Crippen molar-refractivity contribution in [1.29, 1.82) is 0 Å². The second-order valence-corrected chi connectivity index (χ2v) is 5.90. The molecular formula is C18H15BrN2O4. The molecule has 2 aromatic rings. The molecule has 0 atom stereocenters. The van der Waals surface area contributed by atoms with Crippen LogP contribution < -0.4 is 10.1 Å². The Hall–Kier alpha value is -2.85. The molecule has 0 radical (unpaired) electrons. The molecule has 0 saturated heterocycles. The Morgan fingerprint density at radius 2 is 2.04 bits per heavy atom. The molecule has 0 heterocycles. The number of nitro benzene ring substituents is 1. The van der Waals surface area contributed by atoms with Crippen molar-refractivity contribution in [2.45, 2.75) is 6.92 Å². The Kier molecular flexibility index (Phi) is 6.54. The van der Waals surface area contributed by atoms with Gasteiger partial charge in [-0.15, -0.1) is 0 Å². The van der Waals surface area contributed by atoms with E-state index in [0.717, 1.165) is 4.47 Å². The van der Waals surface area contributed by atoms with Gasteiger partial charge in [0.05, 0.1) is 11.5 Å². The predicted octanol–water partition coefficient (Wildman–Crippen LogP) is 3.48. The zero-order valence-corrected chi connectivity index (χ0v) is 15.0. The van der Waals surface area contributed by atoms with Crippen molar-refractivity contribution in [3.05, 3.63) is 68.2 Å². The molecule has 0 aromatic heterocycles. The van der Waals surface area contributed by atoms with Gasteiger partial charge >= 0.3 is 0 Å². The van der Waals surface area contributed by atoms with Gasteiger partial charge in [-0.2, -0.15) is 0 Å². The van der Waals surface area contributed by atoms with Gasteiger partial charge in [0, 0.05) is 21.7 Å². The van der Waals surface area contributed by atoms with Gasteiger partial charge in [-0.3, -0.25) is 14.9 Å². The minimum absolute atomic E-state index is 0.0823. The molecule has 0 aliphatic rings. The van der Waals surface area contributed by atoms with Crippen LogP contribution in [0.4, 0.5) is 5.69 Å². The number of hydrogen-bond donors (Lipinski definition) is 1. The third-order valence-electron chi connectivity index (χ3n) is 3.32. The molecule has 0 fully saturated rings. The fraction of sp³-hybridized carbons (Fsp3) is 0.167. The standard InChI is InChI=1S/C18H15BrN2O4/c1-13-16(8-5-9-17(13)21(23)24)18(22)20-10-2-3-11-25-15-7-4-6-14(19)12-15/h4-9,12H,10-11H2,1H3,(H,20,22). The van der Waals surface area contributed by atoms with Gasteiger partial charge in [-0.05, 0) is 31.2 Å². The fourth-order valence-electron chi connectivity index (χ4n) is 2.08. The average molecular weight is 403 g/mol. The van der Waals surface area contributed by atoms with Gasteiger partial charge in [0.2, 0.25) is 0 Å². The van der Waals surface area contributed by atoms with E-state index in [9.17, 15) is 14.9 Å². The summed E-state index contributed by atoms with van der Waals surface area (Å²) in [6.07, 6.45) is 0. The van der Waals surface area contributed by atoms with Crippen molar-refractivity contribution in [2.24, 2.45) is 0 Å². The van der Waals surface area contributed by atoms with E-state index in [1.165, 1.54) is 12.1 Å². The molecule has 2 aromatic carbocycles. The van der Waals surface area contributed by atoms with Gasteiger partial charge in [-0.25, -0.2) is 0 Å². The summed E-state index contributed by atoms with van der Waals surface area (Å²) < 4.78 is 6.36. The van der Waals surface area contributed by atoms with E-state index in [4.69, 9.17) is 4.74 Å². The zero-order chi connectivity index (χ0) is 18.2. The van der Waals surface area contributed by atoms with E-state index in [-0.39, 0.29) is 24.4 Å². The lowest BCUT2D eigenvalue weighted by molar-refractivity contribution is -0.385. The summed E-state index contributed by atoms with van der Waals surface area (Å²) in [7, 11) is 0. The normalized spacial score (nSPS) is 9.68. The largest absolute Gasteiger partial charge is 0.481 e. The highest BCUT2D eigenvalue weighted by Crippen LogP contribution is 2.20. The van der Waals surface area contributed by atoms with Crippen LogP contribution in [0.5, 0.6) is 5.75 Å². The summed E-state index contributed by atoms with van der Waals surface area (Å²) in [6.45, 7) is 1.87. The van der Waals surface area contributed by atoms with Crippen molar-refractivity contribution in [2.75, 3.05) is 13.2 Å². The maximum absolute atomic E-state index is 12.1. The number of nitro groups is 1. The Bertz CT molecular complexity index is 856. The van der Waals surface area contributed by atoms with Gasteiger partial charge < -0.3 is 10.1 Å². The maximum atomic E-state index is 12.1. The first kappa shape index (κ1) is 18.5. The first-order chi connectivity index (χ1) is 12.0. The topological polar surface area (TPSA) is 81.5 Å². The van der Waals surface area contributed by atoms with E-state index in [0.29, 0.717) is 11.3 Å². The molecule has 6 nitrogen and oxygen atoms in total. The summed E-state index contributed by atoms with van der Waals surface area (Å²) >= 11 is 3.35. The van der Waals surface area contributed by atoms with E-state index in [1.54, 1.807) is 13.0 Å². The summed E-state index contributed by atoms with van der Waals surface area (Å²) in [4.78, 5) is 22.5. The van der Waals surface area contributed by atoms with Gasteiger partial charge in [0.1, 0.15) is 12.4 Å². The van der Waals surface area contributed by atoms with Crippen LogP contribution in [0, 0.1) is 28.9 Å². The first-order valence-corrected chi connectivity index (χ1v) is 8.14. The van der Waals surface area contributed by atoms with Crippen molar-refractivity contribution in [3.63, 3.8) is 0 Å². The van der Waals surface area contributed by atoms with E-state index in [1.807, 2.05) is 24.3 Å². The molecule has 128 valence electrons. The van der Waals surface area contributed by atoms with E-state index in [2.05, 4.69) is 33.1 Å². The monoisotopic (exact) mass is 402 g/mol. The van der Waals surface area contributed by atoms with Crippen LogP contribution in [0.3, 0.4) is 0 Å². The number of carbonyl (C=O) groups excluding carboxylic acids is 1. The number of nitrogens with one attached hydrogen (secondary N) is 1. The number of amides is 1. The van der Waals surface area contributed by atoms with Gasteiger partial charge in [0.15, 0.2) is 0 Å². The number of benzene rings is 2. The number of nitrogens with zero attached hydrogens (tertiary/aromatic N) is 1. The molecular weight excluding hydrogens is 388 g/mol. The summed E-state index contributed by atoms with van der Waals surface area (Å²) in [5, 5.41) is 13.5. The summed E-state index contributed by atoms with van der Waals surface area (Å²) in [6, 6.07) is 11.8. The van der Waals surface area contributed by atoms with Crippen LogP contribution in [-0.2, 0) is 0 Å². The molecule has 0 bridgehead atoms. The van der Waals surface area contributed by atoms with Crippen LogP contribution in [-0.4, -0.2) is 24.0 Å². The first-order valence-electron chi connectivity index (χ1n) is 7.35. The van der Waals surface area contributed by atoms with Gasteiger partial charge in [0.25, 0.3) is 11.6 Å². The van der Waals surface area contributed by atoms with Crippen LogP contribution in [0.25, 0.3) is 0 Å². The smallest absolute Gasteiger partial charge is 0.273 e. The van der Waals surface area contributed by atoms with Crippen molar-refractivity contribution >= 4 is 27.5 Å². The fourth-order valence-corrected chi connectivity index (χ4v) is 2.45. The third kappa shape index (κ3) is 5.33. The Labute approximate surface area is 153 Å². The van der Waals surface area contributed by atoms with Crippen LogP contribution >= 0.6 is 15.9 Å². The molecule has 0 unspecified atom stereocenters. The Morgan fingerprint density at radius 1 is 1.28 bits per heavy atom. The molecule has 0 aliphatic heterocycles. The molecule has 1 amide bonds. The van der Waals surface area contributed by atoms with Crippen LogP contribution in [0.15, 0.2) is 46.9 Å². The molecule has 25 heavy (non-hydrogen) atoms. The van der Waals surface area contributed by atoms with Gasteiger partial charge in [-0.1, -0.05) is 39.9 Å². The Morgan fingerprint density at radius 3 is 2.76 bits per heavy atom.